The van der Waals surface area contributed by atoms with Crippen molar-refractivity contribution in [1.29, 1.82) is 0 Å². The summed E-state index contributed by atoms with van der Waals surface area (Å²) in [6.45, 7) is 0. The second-order valence-electron chi connectivity index (χ2n) is 3.38. The van der Waals surface area contributed by atoms with Gasteiger partial charge in [0.2, 0.25) is 0 Å². The average Bonchev–Trinajstić information content (AvgIpc) is 2.14. The van der Waals surface area contributed by atoms with Gasteiger partial charge in [-0.2, -0.15) is 13.2 Å². The van der Waals surface area contributed by atoms with Crippen LogP contribution in [0.5, 0.6) is 0 Å². The van der Waals surface area contributed by atoms with Gasteiger partial charge in [-0.1, -0.05) is 0 Å². The Bertz CT molecular complexity index is 428. The van der Waals surface area contributed by atoms with Gasteiger partial charge in [-0.3, -0.25) is 4.79 Å². The summed E-state index contributed by atoms with van der Waals surface area (Å²) in [5.74, 6) is -2.57. The third kappa shape index (κ3) is 3.70. The number of aliphatic hydroxyl groups is 1. The summed E-state index contributed by atoms with van der Waals surface area (Å²) < 4.78 is 49.8. The van der Waals surface area contributed by atoms with Crippen LogP contribution < -0.4 is 0 Å². The molecule has 1 aromatic carbocycles. The number of carboxylic acids is 1. The summed E-state index contributed by atoms with van der Waals surface area (Å²) in [5.41, 5.74) is -1.68. The molecular formula is C10H8F4O3. The summed E-state index contributed by atoms with van der Waals surface area (Å²) >= 11 is 0. The molecule has 0 amide bonds. The molecule has 1 atom stereocenters. The van der Waals surface area contributed by atoms with E-state index in [0.29, 0.717) is 12.1 Å². The molecule has 0 unspecified atom stereocenters. The van der Waals surface area contributed by atoms with Crippen LogP contribution in [0, 0.1) is 5.82 Å². The Morgan fingerprint density at radius 1 is 1.29 bits per heavy atom. The van der Waals surface area contributed by atoms with E-state index in [9.17, 15) is 27.5 Å². The van der Waals surface area contributed by atoms with Crippen molar-refractivity contribution in [1.82, 2.24) is 0 Å². The van der Waals surface area contributed by atoms with E-state index in [2.05, 4.69) is 0 Å². The lowest BCUT2D eigenvalue weighted by Crippen LogP contribution is -2.10. The van der Waals surface area contributed by atoms with E-state index in [1.165, 1.54) is 0 Å². The highest BCUT2D eigenvalue weighted by Gasteiger charge is 2.32. The number of hydrogen-bond acceptors (Lipinski definition) is 2. The van der Waals surface area contributed by atoms with Crippen LogP contribution in [0.1, 0.15) is 23.7 Å². The molecule has 0 fully saturated rings. The predicted molar refractivity (Wildman–Crippen MR) is 48.6 cm³/mol. The van der Waals surface area contributed by atoms with E-state index in [1.54, 1.807) is 0 Å². The fraction of sp³-hybridized carbons (Fsp3) is 0.300. The standard InChI is InChI=1S/C10H8F4O3/c11-7-2-5(8(15)4-9(16)17)1-6(3-7)10(12,13)14/h1-3,8,15H,4H2,(H,16,17)/t8-/m0/s1. The Morgan fingerprint density at radius 3 is 2.35 bits per heavy atom. The number of aliphatic hydroxyl groups excluding tert-OH is 1. The fourth-order valence-corrected chi connectivity index (χ4v) is 1.25. The highest BCUT2D eigenvalue weighted by molar-refractivity contribution is 5.67. The van der Waals surface area contributed by atoms with E-state index in [4.69, 9.17) is 5.11 Å². The van der Waals surface area contributed by atoms with E-state index < -0.39 is 41.6 Å². The Labute approximate surface area is 93.3 Å². The third-order valence-corrected chi connectivity index (χ3v) is 2.00. The van der Waals surface area contributed by atoms with Crippen molar-refractivity contribution in [2.24, 2.45) is 0 Å². The zero-order chi connectivity index (χ0) is 13.2. The second-order valence-corrected chi connectivity index (χ2v) is 3.38. The van der Waals surface area contributed by atoms with Gasteiger partial charge in [0.15, 0.2) is 0 Å². The lowest BCUT2D eigenvalue weighted by molar-refractivity contribution is -0.139. The van der Waals surface area contributed by atoms with Crippen LogP contribution in [0.2, 0.25) is 0 Å². The summed E-state index contributed by atoms with van der Waals surface area (Å²) in [5, 5.41) is 17.7. The van der Waals surface area contributed by atoms with Gasteiger partial charge in [-0.05, 0) is 23.8 Å². The van der Waals surface area contributed by atoms with Gasteiger partial charge in [-0.15, -0.1) is 0 Å². The summed E-state index contributed by atoms with van der Waals surface area (Å²) in [7, 11) is 0. The quantitative estimate of drug-likeness (QED) is 0.812. The van der Waals surface area contributed by atoms with Crippen LogP contribution in [-0.2, 0) is 11.0 Å². The lowest BCUT2D eigenvalue weighted by atomic mass is 10.0. The van der Waals surface area contributed by atoms with Crippen LogP contribution >= 0.6 is 0 Å². The number of alkyl halides is 3. The maximum Gasteiger partial charge on any atom is 0.416 e. The van der Waals surface area contributed by atoms with Crippen LogP contribution in [-0.4, -0.2) is 16.2 Å². The molecule has 2 N–H and O–H groups in total. The molecule has 0 spiro atoms. The van der Waals surface area contributed by atoms with E-state index in [1.807, 2.05) is 0 Å². The second kappa shape index (κ2) is 4.70. The largest absolute Gasteiger partial charge is 0.481 e. The van der Waals surface area contributed by atoms with Crippen LogP contribution in [0.25, 0.3) is 0 Å². The third-order valence-electron chi connectivity index (χ3n) is 2.00. The number of carbonyl (C=O) groups is 1. The molecule has 1 aromatic rings. The molecule has 0 bridgehead atoms. The molecule has 0 saturated heterocycles. The molecule has 0 aliphatic heterocycles. The number of hydrogen-bond donors (Lipinski definition) is 2. The Kier molecular flexibility index (Phi) is 3.72. The fourth-order valence-electron chi connectivity index (χ4n) is 1.25. The van der Waals surface area contributed by atoms with Gasteiger partial charge in [0.1, 0.15) is 5.82 Å². The average molecular weight is 252 g/mol. The molecule has 94 valence electrons. The molecule has 17 heavy (non-hydrogen) atoms. The number of rotatable bonds is 3. The van der Waals surface area contributed by atoms with E-state index in [0.717, 1.165) is 0 Å². The maximum absolute atomic E-state index is 12.9. The van der Waals surface area contributed by atoms with Crippen molar-refractivity contribution >= 4 is 5.97 Å². The SMILES string of the molecule is O=C(O)C[C@H](O)c1cc(F)cc(C(F)(F)F)c1. The zero-order valence-corrected chi connectivity index (χ0v) is 8.33. The molecule has 0 aliphatic carbocycles. The van der Waals surface area contributed by atoms with Crippen molar-refractivity contribution in [2.75, 3.05) is 0 Å². The highest BCUT2D eigenvalue weighted by Crippen LogP contribution is 2.32. The van der Waals surface area contributed by atoms with E-state index in [-0.39, 0.29) is 6.07 Å². The van der Waals surface area contributed by atoms with Crippen molar-refractivity contribution in [2.45, 2.75) is 18.7 Å². The molecular weight excluding hydrogens is 244 g/mol. The van der Waals surface area contributed by atoms with Crippen LogP contribution in [0.4, 0.5) is 17.6 Å². The van der Waals surface area contributed by atoms with Crippen molar-refractivity contribution in [3.63, 3.8) is 0 Å². The van der Waals surface area contributed by atoms with Gasteiger partial charge in [-0.25, -0.2) is 4.39 Å². The van der Waals surface area contributed by atoms with Gasteiger partial charge in [0.25, 0.3) is 0 Å². The first-order valence-electron chi connectivity index (χ1n) is 4.47. The summed E-state index contributed by atoms with van der Waals surface area (Å²) in [4.78, 5) is 10.3. The van der Waals surface area contributed by atoms with Gasteiger partial charge < -0.3 is 10.2 Å². The molecule has 0 aliphatic rings. The molecule has 7 heteroatoms. The first-order chi connectivity index (χ1) is 7.70. The molecule has 0 radical (unpaired) electrons. The van der Waals surface area contributed by atoms with Gasteiger partial charge in [0, 0.05) is 0 Å². The Hall–Kier alpha value is -1.63. The minimum Gasteiger partial charge on any atom is -0.481 e. The summed E-state index contributed by atoms with van der Waals surface area (Å²) in [6, 6.07) is 1.47. The van der Waals surface area contributed by atoms with Crippen molar-refractivity contribution < 1.29 is 32.6 Å². The highest BCUT2D eigenvalue weighted by atomic mass is 19.4. The van der Waals surface area contributed by atoms with Crippen LogP contribution in [0.3, 0.4) is 0 Å². The Balaban J connectivity index is 3.09. The number of aliphatic carboxylic acids is 1. The normalized spacial score (nSPS) is 13.5. The number of carboxylic acid groups (broad SMARTS) is 1. The molecule has 0 aromatic heterocycles. The Morgan fingerprint density at radius 2 is 1.88 bits per heavy atom. The predicted octanol–water partition coefficient (Wildman–Crippen LogP) is 2.35. The zero-order valence-electron chi connectivity index (χ0n) is 8.33. The monoisotopic (exact) mass is 252 g/mol. The molecule has 3 nitrogen and oxygen atoms in total. The number of halogens is 4. The molecule has 1 rings (SSSR count). The number of benzene rings is 1. The topological polar surface area (TPSA) is 57.5 Å². The van der Waals surface area contributed by atoms with Gasteiger partial charge in [0.05, 0.1) is 18.1 Å². The van der Waals surface area contributed by atoms with Crippen molar-refractivity contribution in [3.05, 3.63) is 35.1 Å². The summed E-state index contributed by atoms with van der Waals surface area (Å²) in [6.07, 6.45) is -7.22. The van der Waals surface area contributed by atoms with Crippen LogP contribution in [0.15, 0.2) is 18.2 Å². The first-order valence-corrected chi connectivity index (χ1v) is 4.47. The maximum atomic E-state index is 12.9. The van der Waals surface area contributed by atoms with E-state index >= 15 is 0 Å². The minimum absolute atomic E-state index is 0.275. The van der Waals surface area contributed by atoms with Gasteiger partial charge >= 0.3 is 12.1 Å². The smallest absolute Gasteiger partial charge is 0.416 e. The lowest BCUT2D eigenvalue weighted by Gasteiger charge is -2.12. The first kappa shape index (κ1) is 13.4. The van der Waals surface area contributed by atoms with Crippen molar-refractivity contribution in [3.8, 4) is 0 Å². The minimum atomic E-state index is -4.75. The molecule has 0 heterocycles. The molecule has 0 saturated carbocycles.